The molecule has 2 bridgehead atoms. The molecular formula is C23H16N2. The number of allylic oxidation sites excluding steroid dienone is 2. The summed E-state index contributed by atoms with van der Waals surface area (Å²) in [5.41, 5.74) is 5.54. The zero-order valence-electron chi connectivity index (χ0n) is 13.7. The van der Waals surface area contributed by atoms with Crippen LogP contribution in [-0.4, -0.2) is 9.13 Å². The van der Waals surface area contributed by atoms with Crippen molar-refractivity contribution in [3.63, 3.8) is 0 Å². The number of benzene rings is 3. The van der Waals surface area contributed by atoms with Gasteiger partial charge in [-0.15, -0.1) is 0 Å². The highest BCUT2D eigenvalue weighted by atomic mass is 15.1. The van der Waals surface area contributed by atoms with Gasteiger partial charge in [0.15, 0.2) is 0 Å². The molecule has 2 aliphatic rings. The average Bonchev–Trinajstić information content (AvgIpc) is 3.29. The lowest BCUT2D eigenvalue weighted by molar-refractivity contribution is 0.537. The quantitative estimate of drug-likeness (QED) is 0.312. The van der Waals surface area contributed by atoms with Gasteiger partial charge >= 0.3 is 0 Å². The summed E-state index contributed by atoms with van der Waals surface area (Å²) in [6.07, 6.45) is 5.97. The molecule has 1 aliphatic carbocycles. The number of nitrogens with zero attached hydrogens (tertiary/aromatic N) is 2. The van der Waals surface area contributed by atoms with E-state index >= 15 is 0 Å². The Morgan fingerprint density at radius 3 is 1.56 bits per heavy atom. The summed E-state index contributed by atoms with van der Waals surface area (Å²) < 4.78 is 5.18. The molecule has 0 amide bonds. The zero-order chi connectivity index (χ0) is 16.1. The fourth-order valence-electron chi connectivity index (χ4n) is 5.30. The first-order chi connectivity index (χ1) is 12.4. The summed E-state index contributed by atoms with van der Waals surface area (Å²) in [5.74, 6) is 0. The molecule has 0 saturated heterocycles. The highest BCUT2D eigenvalue weighted by Crippen LogP contribution is 2.48. The van der Waals surface area contributed by atoms with Crippen molar-refractivity contribution in [1.29, 1.82) is 0 Å². The van der Waals surface area contributed by atoms with Gasteiger partial charge in [0, 0.05) is 32.6 Å². The third-order valence-corrected chi connectivity index (χ3v) is 6.24. The van der Waals surface area contributed by atoms with E-state index in [0.717, 1.165) is 6.42 Å². The molecule has 5 aromatic rings. The third-order valence-electron chi connectivity index (χ3n) is 6.24. The number of hydrogen-bond acceptors (Lipinski definition) is 0. The van der Waals surface area contributed by atoms with Crippen LogP contribution in [-0.2, 0) is 0 Å². The maximum Gasteiger partial charge on any atom is 0.0745 e. The Morgan fingerprint density at radius 1 is 0.560 bits per heavy atom. The number of para-hydroxylation sites is 2. The van der Waals surface area contributed by atoms with Gasteiger partial charge in [-0.2, -0.15) is 0 Å². The molecule has 3 aromatic carbocycles. The van der Waals surface area contributed by atoms with E-state index in [4.69, 9.17) is 0 Å². The van der Waals surface area contributed by atoms with Crippen molar-refractivity contribution in [3.05, 3.63) is 72.8 Å². The Labute approximate surface area is 144 Å². The van der Waals surface area contributed by atoms with Gasteiger partial charge in [0.05, 0.1) is 23.1 Å². The van der Waals surface area contributed by atoms with E-state index in [1.54, 1.807) is 0 Å². The Hall–Kier alpha value is -3.00. The number of fused-ring (bicyclic) bond motifs is 10. The molecule has 25 heavy (non-hydrogen) atoms. The monoisotopic (exact) mass is 320 g/mol. The maximum absolute atomic E-state index is 2.59. The van der Waals surface area contributed by atoms with Crippen LogP contribution >= 0.6 is 0 Å². The summed E-state index contributed by atoms with van der Waals surface area (Å²) in [7, 11) is 0. The second kappa shape index (κ2) is 3.97. The summed E-state index contributed by atoms with van der Waals surface area (Å²) >= 11 is 0. The normalized spacial score (nSPS) is 21.3. The van der Waals surface area contributed by atoms with E-state index < -0.39 is 0 Å². The van der Waals surface area contributed by atoms with Gasteiger partial charge in [-0.3, -0.25) is 0 Å². The van der Waals surface area contributed by atoms with E-state index in [2.05, 4.69) is 81.9 Å². The number of aromatic nitrogens is 2. The third kappa shape index (κ3) is 1.28. The minimum atomic E-state index is 0.455. The molecule has 1 aliphatic heterocycles. The Morgan fingerprint density at radius 2 is 1.04 bits per heavy atom. The minimum Gasteiger partial charge on any atom is -0.332 e. The smallest absolute Gasteiger partial charge is 0.0745 e. The van der Waals surface area contributed by atoms with Gasteiger partial charge in [-0.1, -0.05) is 60.7 Å². The van der Waals surface area contributed by atoms with Crippen molar-refractivity contribution in [3.8, 4) is 0 Å². The van der Waals surface area contributed by atoms with Crippen LogP contribution < -0.4 is 0 Å². The predicted molar refractivity (Wildman–Crippen MR) is 104 cm³/mol. The fraction of sp³-hybridized carbons (Fsp3) is 0.130. The summed E-state index contributed by atoms with van der Waals surface area (Å²) in [4.78, 5) is 0. The van der Waals surface area contributed by atoms with Crippen LogP contribution in [0.2, 0.25) is 0 Å². The van der Waals surface area contributed by atoms with Crippen molar-refractivity contribution in [2.45, 2.75) is 18.5 Å². The van der Waals surface area contributed by atoms with Gasteiger partial charge in [-0.25, -0.2) is 0 Å². The second-order valence-corrected chi connectivity index (χ2v) is 7.39. The van der Waals surface area contributed by atoms with Crippen molar-refractivity contribution < 1.29 is 0 Å². The Balaban J connectivity index is 1.90. The lowest BCUT2D eigenvalue weighted by Crippen LogP contribution is -2.05. The summed E-state index contributed by atoms with van der Waals surface area (Å²) in [6, 6.07) is 23.3. The van der Waals surface area contributed by atoms with Crippen molar-refractivity contribution in [2.24, 2.45) is 0 Å². The lowest BCUT2D eigenvalue weighted by atomic mass is 10.1. The molecule has 118 valence electrons. The molecule has 2 aromatic heterocycles. The van der Waals surface area contributed by atoms with Crippen LogP contribution in [0.4, 0.5) is 0 Å². The van der Waals surface area contributed by atoms with E-state index in [0.29, 0.717) is 12.1 Å². The van der Waals surface area contributed by atoms with Crippen LogP contribution in [0.1, 0.15) is 18.5 Å². The lowest BCUT2D eigenvalue weighted by Gasteiger charge is -2.14. The van der Waals surface area contributed by atoms with E-state index in [9.17, 15) is 0 Å². The SMILES string of the molecule is C1=CC2CC1n1c3ccccc3c3ccc4c5ccccc5n2c4c31. The highest BCUT2D eigenvalue weighted by molar-refractivity contribution is 6.22. The average molecular weight is 320 g/mol. The van der Waals surface area contributed by atoms with Crippen LogP contribution in [0.15, 0.2) is 72.8 Å². The first-order valence-corrected chi connectivity index (χ1v) is 9.04. The van der Waals surface area contributed by atoms with Crippen molar-refractivity contribution in [2.75, 3.05) is 0 Å². The molecule has 0 fully saturated rings. The summed E-state index contributed by atoms with van der Waals surface area (Å²) in [5, 5.41) is 5.51. The highest BCUT2D eigenvalue weighted by Gasteiger charge is 2.32. The van der Waals surface area contributed by atoms with Crippen molar-refractivity contribution >= 4 is 43.6 Å². The molecule has 0 N–H and O–H groups in total. The fourth-order valence-corrected chi connectivity index (χ4v) is 5.30. The van der Waals surface area contributed by atoms with Crippen LogP contribution in [0.25, 0.3) is 43.6 Å². The molecule has 0 radical (unpaired) electrons. The molecule has 2 heteroatoms. The van der Waals surface area contributed by atoms with E-state index in [1.165, 1.54) is 43.6 Å². The zero-order valence-corrected chi connectivity index (χ0v) is 13.7. The van der Waals surface area contributed by atoms with Crippen LogP contribution in [0.3, 0.4) is 0 Å². The van der Waals surface area contributed by atoms with E-state index in [-0.39, 0.29) is 0 Å². The predicted octanol–water partition coefficient (Wildman–Crippen LogP) is 5.96. The van der Waals surface area contributed by atoms with Gasteiger partial charge in [0.2, 0.25) is 0 Å². The Bertz CT molecular complexity index is 1270. The molecule has 0 saturated carbocycles. The number of rotatable bonds is 0. The molecule has 2 nitrogen and oxygen atoms in total. The van der Waals surface area contributed by atoms with E-state index in [1.807, 2.05) is 0 Å². The topological polar surface area (TPSA) is 9.86 Å². The minimum absolute atomic E-state index is 0.455. The van der Waals surface area contributed by atoms with Gasteiger partial charge in [0.1, 0.15) is 0 Å². The second-order valence-electron chi connectivity index (χ2n) is 7.39. The molecule has 3 heterocycles. The summed E-state index contributed by atoms with van der Waals surface area (Å²) in [6.45, 7) is 0. The first-order valence-electron chi connectivity index (χ1n) is 9.04. The molecule has 2 unspecified atom stereocenters. The maximum atomic E-state index is 2.59. The first kappa shape index (κ1) is 12.4. The van der Waals surface area contributed by atoms with Gasteiger partial charge < -0.3 is 9.13 Å². The van der Waals surface area contributed by atoms with Gasteiger partial charge in [-0.05, 0) is 18.6 Å². The molecule has 0 spiro atoms. The van der Waals surface area contributed by atoms with Crippen molar-refractivity contribution in [1.82, 2.24) is 9.13 Å². The standard InChI is InChI=1S/C23H16N2/c1-3-7-20-16(5-1)18-11-12-19-17-6-2-4-8-21(17)25-15-10-9-14(13-15)24(20)22(18)23(19)25/h1-12,14-15H,13H2. The molecule has 2 atom stereocenters. The van der Waals surface area contributed by atoms with Gasteiger partial charge in [0.25, 0.3) is 0 Å². The number of hydrogen-bond donors (Lipinski definition) is 0. The molecular weight excluding hydrogens is 304 g/mol. The molecule has 7 rings (SSSR count). The Kier molecular flexibility index (Phi) is 1.97. The van der Waals surface area contributed by atoms with Crippen LogP contribution in [0, 0.1) is 0 Å². The van der Waals surface area contributed by atoms with Crippen LogP contribution in [0.5, 0.6) is 0 Å². The largest absolute Gasteiger partial charge is 0.332 e.